The van der Waals surface area contributed by atoms with Gasteiger partial charge in [0.25, 0.3) is 0 Å². The molecule has 1 heterocycles. The summed E-state index contributed by atoms with van der Waals surface area (Å²) in [6.07, 6.45) is 5.61. The van der Waals surface area contributed by atoms with Crippen LogP contribution >= 0.6 is 0 Å². The van der Waals surface area contributed by atoms with Gasteiger partial charge in [0.1, 0.15) is 5.82 Å². The van der Waals surface area contributed by atoms with Gasteiger partial charge in [0.05, 0.1) is 0 Å². The van der Waals surface area contributed by atoms with Crippen molar-refractivity contribution in [3.63, 3.8) is 0 Å². The summed E-state index contributed by atoms with van der Waals surface area (Å²) in [5, 5.41) is 13.2. The lowest BCUT2D eigenvalue weighted by molar-refractivity contribution is 0.215. The van der Waals surface area contributed by atoms with Gasteiger partial charge < -0.3 is 10.4 Å². The van der Waals surface area contributed by atoms with E-state index in [9.17, 15) is 9.50 Å². The van der Waals surface area contributed by atoms with Gasteiger partial charge in [-0.05, 0) is 67.0 Å². The summed E-state index contributed by atoms with van der Waals surface area (Å²) < 4.78 is 13.4. The number of fused-ring (bicyclic) bond motifs is 1. The first-order chi connectivity index (χ1) is 11.3. The van der Waals surface area contributed by atoms with Crippen molar-refractivity contribution in [2.45, 2.75) is 31.7 Å². The number of pyridine rings is 1. The average Bonchev–Trinajstić information content (AvgIpc) is 2.59. The number of rotatable bonds is 6. The maximum Gasteiger partial charge on any atom is 0.123 e. The molecule has 2 aromatic rings. The Morgan fingerprint density at radius 1 is 1.30 bits per heavy atom. The summed E-state index contributed by atoms with van der Waals surface area (Å²) in [5.41, 5.74) is 3.31. The fourth-order valence-electron chi connectivity index (χ4n) is 3.32. The van der Waals surface area contributed by atoms with Crippen molar-refractivity contribution in [3.8, 4) is 0 Å². The van der Waals surface area contributed by atoms with Crippen molar-refractivity contribution in [1.29, 1.82) is 0 Å². The quantitative estimate of drug-likeness (QED) is 0.861. The van der Waals surface area contributed by atoms with Crippen molar-refractivity contribution in [1.82, 2.24) is 10.3 Å². The molecule has 122 valence electrons. The molecule has 1 aliphatic carbocycles. The van der Waals surface area contributed by atoms with E-state index in [1.165, 1.54) is 11.6 Å². The molecule has 1 aliphatic rings. The first kappa shape index (κ1) is 16.1. The van der Waals surface area contributed by atoms with Crippen molar-refractivity contribution in [3.05, 3.63) is 65.2 Å². The summed E-state index contributed by atoms with van der Waals surface area (Å²) in [6, 6.07) is 11.2. The van der Waals surface area contributed by atoms with Crippen LogP contribution in [0.15, 0.2) is 42.6 Å². The Labute approximate surface area is 136 Å². The highest BCUT2D eigenvalue weighted by atomic mass is 19.1. The van der Waals surface area contributed by atoms with E-state index in [4.69, 9.17) is 0 Å². The molecule has 0 aliphatic heterocycles. The number of aromatic nitrogens is 1. The Morgan fingerprint density at radius 2 is 2.22 bits per heavy atom. The predicted molar refractivity (Wildman–Crippen MR) is 88.6 cm³/mol. The summed E-state index contributed by atoms with van der Waals surface area (Å²) in [5.74, 6) is -0.0245. The van der Waals surface area contributed by atoms with Crippen molar-refractivity contribution < 1.29 is 9.50 Å². The molecule has 0 unspecified atom stereocenters. The molecule has 2 atom stereocenters. The third-order valence-electron chi connectivity index (χ3n) is 4.55. The summed E-state index contributed by atoms with van der Waals surface area (Å²) in [6.45, 7) is 0.862. The maximum atomic E-state index is 13.4. The highest BCUT2D eigenvalue weighted by Gasteiger charge is 2.21. The molecule has 0 saturated heterocycles. The van der Waals surface area contributed by atoms with E-state index in [2.05, 4.69) is 10.3 Å². The van der Waals surface area contributed by atoms with Crippen LogP contribution in [-0.4, -0.2) is 23.2 Å². The second-order valence-corrected chi connectivity index (χ2v) is 6.27. The lowest BCUT2D eigenvalue weighted by atomic mass is 9.87. The molecule has 23 heavy (non-hydrogen) atoms. The smallest absolute Gasteiger partial charge is 0.123 e. The van der Waals surface area contributed by atoms with E-state index in [1.54, 1.807) is 12.3 Å². The molecular weight excluding hydrogens is 291 g/mol. The number of halogens is 1. The van der Waals surface area contributed by atoms with E-state index in [-0.39, 0.29) is 24.4 Å². The summed E-state index contributed by atoms with van der Waals surface area (Å²) in [7, 11) is 0. The second-order valence-electron chi connectivity index (χ2n) is 6.27. The Hall–Kier alpha value is -1.78. The van der Waals surface area contributed by atoms with Crippen molar-refractivity contribution in [2.75, 3.05) is 13.2 Å². The lowest BCUT2D eigenvalue weighted by Crippen LogP contribution is -2.32. The zero-order valence-electron chi connectivity index (χ0n) is 13.2. The largest absolute Gasteiger partial charge is 0.396 e. The van der Waals surface area contributed by atoms with Gasteiger partial charge in [0, 0.05) is 31.1 Å². The molecule has 3 nitrogen and oxygen atoms in total. The molecule has 4 heteroatoms. The molecule has 0 amide bonds. The van der Waals surface area contributed by atoms with Crippen LogP contribution in [0.25, 0.3) is 0 Å². The normalized spacial score (nSPS) is 18.4. The molecular formula is C19H23FN2O. The highest BCUT2D eigenvalue weighted by molar-refractivity contribution is 5.32. The number of aliphatic hydroxyl groups is 1. The Balaban J connectivity index is 1.61. The molecule has 0 spiro atoms. The van der Waals surface area contributed by atoms with E-state index in [0.29, 0.717) is 0 Å². The van der Waals surface area contributed by atoms with Crippen LogP contribution in [0, 0.1) is 11.7 Å². The molecule has 1 aromatic carbocycles. The number of nitrogens with zero attached hydrogens (tertiary/aromatic N) is 1. The van der Waals surface area contributed by atoms with Crippen molar-refractivity contribution in [2.24, 2.45) is 5.92 Å². The third-order valence-corrected chi connectivity index (χ3v) is 4.55. The Kier molecular flexibility index (Phi) is 5.36. The first-order valence-electron chi connectivity index (χ1n) is 8.28. The minimum atomic E-state index is -0.159. The van der Waals surface area contributed by atoms with Gasteiger partial charge in [-0.3, -0.25) is 4.98 Å². The Morgan fingerprint density at radius 3 is 3.00 bits per heavy atom. The standard InChI is InChI=1S/C19H23FN2O/c20-16-7-8-18-15(11-16)4-3-6-19(18)22-12-14(13-23)10-17-5-1-2-9-21-17/h1-2,5,7-9,11,14,19,22-23H,3-4,6,10,12-13H2/t14-,19+/m1/s1. The SMILES string of the molecule is OC[C@@H](CN[C@H]1CCCc2cc(F)ccc21)Cc1ccccn1. The fraction of sp³-hybridized carbons (Fsp3) is 0.421. The van der Waals surface area contributed by atoms with Gasteiger partial charge in [-0.2, -0.15) is 0 Å². The second kappa shape index (κ2) is 7.66. The van der Waals surface area contributed by atoms with Gasteiger partial charge in [0.2, 0.25) is 0 Å². The van der Waals surface area contributed by atoms with Crippen LogP contribution in [0.5, 0.6) is 0 Å². The van der Waals surface area contributed by atoms with E-state index < -0.39 is 0 Å². The molecule has 0 saturated carbocycles. The predicted octanol–water partition coefficient (Wildman–Crippen LogP) is 3.04. The summed E-state index contributed by atoms with van der Waals surface area (Å²) in [4.78, 5) is 4.33. The van der Waals surface area contributed by atoms with Crippen molar-refractivity contribution >= 4 is 0 Å². The monoisotopic (exact) mass is 314 g/mol. The molecule has 1 aromatic heterocycles. The van der Waals surface area contributed by atoms with Crippen LogP contribution in [-0.2, 0) is 12.8 Å². The number of aryl methyl sites for hydroxylation is 1. The molecule has 0 fully saturated rings. The van der Waals surface area contributed by atoms with Crippen LogP contribution in [0.1, 0.15) is 35.7 Å². The minimum absolute atomic E-state index is 0.132. The van der Waals surface area contributed by atoms with Gasteiger partial charge in [-0.15, -0.1) is 0 Å². The van der Waals surface area contributed by atoms with Gasteiger partial charge in [-0.1, -0.05) is 12.1 Å². The molecule has 3 rings (SSSR count). The van der Waals surface area contributed by atoms with Gasteiger partial charge >= 0.3 is 0 Å². The lowest BCUT2D eigenvalue weighted by Gasteiger charge is -2.28. The average molecular weight is 314 g/mol. The molecule has 0 bridgehead atoms. The van der Waals surface area contributed by atoms with Crippen LogP contribution in [0.3, 0.4) is 0 Å². The molecule has 2 N–H and O–H groups in total. The fourth-order valence-corrected chi connectivity index (χ4v) is 3.32. The first-order valence-corrected chi connectivity index (χ1v) is 8.28. The van der Waals surface area contributed by atoms with Gasteiger partial charge in [-0.25, -0.2) is 4.39 Å². The third kappa shape index (κ3) is 4.15. The Bertz CT molecular complexity index is 633. The van der Waals surface area contributed by atoms with Crippen LogP contribution in [0.2, 0.25) is 0 Å². The highest BCUT2D eigenvalue weighted by Crippen LogP contribution is 2.30. The number of nitrogens with one attached hydrogen (secondary N) is 1. The summed E-state index contributed by atoms with van der Waals surface area (Å²) >= 11 is 0. The number of aliphatic hydroxyl groups excluding tert-OH is 1. The van der Waals surface area contributed by atoms with E-state index in [1.807, 2.05) is 24.3 Å². The number of hydrogen-bond acceptors (Lipinski definition) is 3. The van der Waals surface area contributed by atoms with E-state index >= 15 is 0 Å². The minimum Gasteiger partial charge on any atom is -0.396 e. The number of hydrogen-bond donors (Lipinski definition) is 2. The van der Waals surface area contributed by atoms with Crippen LogP contribution in [0.4, 0.5) is 4.39 Å². The zero-order valence-corrected chi connectivity index (χ0v) is 13.2. The molecule has 0 radical (unpaired) electrons. The maximum absolute atomic E-state index is 13.4. The number of benzene rings is 1. The topological polar surface area (TPSA) is 45.1 Å². The zero-order chi connectivity index (χ0) is 16.1. The van der Waals surface area contributed by atoms with Gasteiger partial charge in [0.15, 0.2) is 0 Å². The van der Waals surface area contributed by atoms with E-state index in [0.717, 1.165) is 43.5 Å². The van der Waals surface area contributed by atoms with Crippen LogP contribution < -0.4 is 5.32 Å².